The molecular weight excluding hydrogens is 454 g/mol. The molecule has 0 aliphatic rings. The van der Waals surface area contributed by atoms with Gasteiger partial charge in [0.05, 0.1) is 22.3 Å². The number of furan rings is 1. The number of nitro groups is 1. The van der Waals surface area contributed by atoms with Crippen molar-refractivity contribution in [3.8, 4) is 11.5 Å². The molecule has 11 nitrogen and oxygen atoms in total. The monoisotopic (exact) mass is 473 g/mol. The highest BCUT2D eigenvalue weighted by Crippen LogP contribution is 2.25. The van der Waals surface area contributed by atoms with Gasteiger partial charge in [0.1, 0.15) is 11.7 Å². The lowest BCUT2D eigenvalue weighted by Gasteiger charge is -2.15. The number of benzene rings is 2. The molecule has 35 heavy (non-hydrogen) atoms. The van der Waals surface area contributed by atoms with E-state index >= 15 is 0 Å². The SMILES string of the molecule is C[C@H](NC(=O)c1cccc([N+](=O)[O-])c1)C(=O)NNC(=O)c1cc(-c2ccco2)nc2ccccc12. The van der Waals surface area contributed by atoms with Crippen molar-refractivity contribution >= 4 is 34.3 Å². The molecule has 2 heterocycles. The Labute approximate surface area is 198 Å². The first kappa shape index (κ1) is 23.1. The summed E-state index contributed by atoms with van der Waals surface area (Å²) in [6.07, 6.45) is 1.50. The molecule has 176 valence electrons. The van der Waals surface area contributed by atoms with Gasteiger partial charge in [-0.25, -0.2) is 4.98 Å². The van der Waals surface area contributed by atoms with Crippen LogP contribution in [-0.2, 0) is 4.79 Å². The average Bonchev–Trinajstić information content (AvgIpc) is 3.41. The molecule has 0 aliphatic heterocycles. The zero-order valence-corrected chi connectivity index (χ0v) is 18.3. The fraction of sp³-hybridized carbons (Fsp3) is 0.0833. The van der Waals surface area contributed by atoms with Crippen LogP contribution in [0, 0.1) is 10.1 Å². The highest BCUT2D eigenvalue weighted by Gasteiger charge is 2.20. The van der Waals surface area contributed by atoms with Gasteiger partial charge in [-0.2, -0.15) is 0 Å². The third-order valence-corrected chi connectivity index (χ3v) is 5.09. The van der Waals surface area contributed by atoms with E-state index in [0.29, 0.717) is 22.4 Å². The number of aromatic nitrogens is 1. The molecule has 3 N–H and O–H groups in total. The molecule has 1 atom stereocenters. The minimum absolute atomic E-state index is 0.0246. The number of nitro benzene ring substituents is 1. The number of carbonyl (C=O) groups is 3. The number of pyridine rings is 1. The van der Waals surface area contributed by atoms with E-state index < -0.39 is 28.7 Å². The van der Waals surface area contributed by atoms with E-state index in [0.717, 1.165) is 6.07 Å². The summed E-state index contributed by atoms with van der Waals surface area (Å²) in [4.78, 5) is 52.5. The van der Waals surface area contributed by atoms with Crippen molar-refractivity contribution in [3.63, 3.8) is 0 Å². The third-order valence-electron chi connectivity index (χ3n) is 5.09. The van der Waals surface area contributed by atoms with Crippen molar-refractivity contribution in [1.29, 1.82) is 0 Å². The largest absolute Gasteiger partial charge is 0.463 e. The fourth-order valence-electron chi connectivity index (χ4n) is 3.31. The maximum atomic E-state index is 12.9. The van der Waals surface area contributed by atoms with Crippen LogP contribution in [0.5, 0.6) is 0 Å². The smallest absolute Gasteiger partial charge is 0.270 e. The number of nitrogens with zero attached hydrogens (tertiary/aromatic N) is 2. The quantitative estimate of drug-likeness (QED) is 0.287. The van der Waals surface area contributed by atoms with E-state index in [1.165, 1.54) is 31.4 Å². The number of hydrogen-bond acceptors (Lipinski definition) is 7. The van der Waals surface area contributed by atoms with Crippen molar-refractivity contribution in [3.05, 3.63) is 94.2 Å². The lowest BCUT2D eigenvalue weighted by molar-refractivity contribution is -0.384. The molecular formula is C24H19N5O6. The van der Waals surface area contributed by atoms with Gasteiger partial charge in [-0.3, -0.25) is 35.3 Å². The zero-order valence-electron chi connectivity index (χ0n) is 18.3. The van der Waals surface area contributed by atoms with Crippen LogP contribution in [0.4, 0.5) is 5.69 Å². The number of amides is 3. The molecule has 4 aromatic rings. The second kappa shape index (κ2) is 9.83. The maximum Gasteiger partial charge on any atom is 0.270 e. The van der Waals surface area contributed by atoms with Crippen LogP contribution in [0.2, 0.25) is 0 Å². The Morgan fingerprint density at radius 2 is 1.77 bits per heavy atom. The molecule has 2 aromatic carbocycles. The van der Waals surface area contributed by atoms with Gasteiger partial charge in [-0.15, -0.1) is 0 Å². The number of para-hydroxylation sites is 1. The standard InChI is InChI=1S/C24H19N5O6/c1-14(25-23(31)15-6-4-7-16(12-15)29(33)34)22(30)27-28-24(32)18-13-20(21-10-5-11-35-21)26-19-9-3-2-8-17(18)19/h2-14H,1H3,(H,25,31)(H,27,30)(H,28,32)/t14-/m0/s1. The van der Waals surface area contributed by atoms with Crippen LogP contribution in [0.1, 0.15) is 27.6 Å². The minimum atomic E-state index is -1.05. The Kier molecular flexibility index (Phi) is 6.49. The summed E-state index contributed by atoms with van der Waals surface area (Å²) in [5.41, 5.74) is 5.67. The molecule has 0 unspecified atom stereocenters. The Bertz CT molecular complexity index is 1430. The molecule has 0 bridgehead atoms. The van der Waals surface area contributed by atoms with Crippen molar-refractivity contribution in [1.82, 2.24) is 21.2 Å². The molecule has 0 saturated carbocycles. The van der Waals surface area contributed by atoms with Gasteiger partial charge in [0.25, 0.3) is 23.4 Å². The number of non-ortho nitro benzene ring substituents is 1. The predicted octanol–water partition coefficient (Wildman–Crippen LogP) is 2.98. The second-order valence-corrected chi connectivity index (χ2v) is 7.50. The summed E-state index contributed by atoms with van der Waals surface area (Å²) in [6.45, 7) is 1.41. The summed E-state index contributed by atoms with van der Waals surface area (Å²) in [5.74, 6) is -1.49. The fourth-order valence-corrected chi connectivity index (χ4v) is 3.31. The Morgan fingerprint density at radius 3 is 2.51 bits per heavy atom. The molecule has 0 spiro atoms. The summed E-state index contributed by atoms with van der Waals surface area (Å²) < 4.78 is 5.39. The normalized spacial score (nSPS) is 11.5. The second-order valence-electron chi connectivity index (χ2n) is 7.50. The van der Waals surface area contributed by atoms with E-state index in [9.17, 15) is 24.5 Å². The summed E-state index contributed by atoms with van der Waals surface area (Å²) in [5, 5.41) is 13.9. The highest BCUT2D eigenvalue weighted by atomic mass is 16.6. The Hall–Kier alpha value is -5.06. The first-order chi connectivity index (χ1) is 16.8. The molecule has 0 aliphatic carbocycles. The lowest BCUT2D eigenvalue weighted by Crippen LogP contribution is -2.51. The van der Waals surface area contributed by atoms with Gasteiger partial charge in [0.15, 0.2) is 5.76 Å². The number of hydrazine groups is 1. The molecule has 0 radical (unpaired) electrons. The maximum absolute atomic E-state index is 12.9. The Balaban J connectivity index is 1.44. The number of rotatable bonds is 6. The molecule has 2 aromatic heterocycles. The van der Waals surface area contributed by atoms with Gasteiger partial charge in [-0.1, -0.05) is 24.3 Å². The van der Waals surface area contributed by atoms with Crippen LogP contribution in [0.3, 0.4) is 0 Å². The first-order valence-electron chi connectivity index (χ1n) is 10.4. The van der Waals surface area contributed by atoms with Gasteiger partial charge >= 0.3 is 0 Å². The summed E-state index contributed by atoms with van der Waals surface area (Å²) in [7, 11) is 0. The van der Waals surface area contributed by atoms with Crippen LogP contribution in [0.25, 0.3) is 22.4 Å². The summed E-state index contributed by atoms with van der Waals surface area (Å²) in [6, 6.07) is 16.1. The van der Waals surface area contributed by atoms with Crippen LogP contribution < -0.4 is 16.2 Å². The van der Waals surface area contributed by atoms with Crippen molar-refractivity contribution < 1.29 is 23.7 Å². The van der Waals surface area contributed by atoms with E-state index in [-0.39, 0.29) is 16.8 Å². The topological polar surface area (TPSA) is 156 Å². The summed E-state index contributed by atoms with van der Waals surface area (Å²) >= 11 is 0. The van der Waals surface area contributed by atoms with E-state index in [1.807, 2.05) is 0 Å². The van der Waals surface area contributed by atoms with Gasteiger partial charge in [-0.05, 0) is 37.3 Å². The van der Waals surface area contributed by atoms with Crippen LogP contribution in [-0.4, -0.2) is 33.7 Å². The first-order valence-corrected chi connectivity index (χ1v) is 10.4. The molecule has 0 saturated heterocycles. The number of carbonyl (C=O) groups excluding carboxylic acids is 3. The third kappa shape index (κ3) is 5.14. The predicted molar refractivity (Wildman–Crippen MR) is 125 cm³/mol. The van der Waals surface area contributed by atoms with Crippen LogP contribution in [0.15, 0.2) is 77.4 Å². The number of nitrogens with one attached hydrogen (secondary N) is 3. The van der Waals surface area contributed by atoms with Gasteiger partial charge in [0.2, 0.25) is 0 Å². The Morgan fingerprint density at radius 1 is 0.971 bits per heavy atom. The van der Waals surface area contributed by atoms with Crippen molar-refractivity contribution in [2.45, 2.75) is 13.0 Å². The lowest BCUT2D eigenvalue weighted by atomic mass is 10.1. The molecule has 3 amide bonds. The van der Waals surface area contributed by atoms with Gasteiger partial charge in [0, 0.05) is 23.1 Å². The molecule has 0 fully saturated rings. The minimum Gasteiger partial charge on any atom is -0.463 e. The van der Waals surface area contributed by atoms with Gasteiger partial charge < -0.3 is 9.73 Å². The van der Waals surface area contributed by atoms with E-state index in [1.54, 1.807) is 42.5 Å². The van der Waals surface area contributed by atoms with Crippen molar-refractivity contribution in [2.75, 3.05) is 0 Å². The average molecular weight is 473 g/mol. The molecule has 4 rings (SSSR count). The number of fused-ring (bicyclic) bond motifs is 1. The number of hydrogen-bond donors (Lipinski definition) is 3. The van der Waals surface area contributed by atoms with E-state index in [4.69, 9.17) is 4.42 Å². The van der Waals surface area contributed by atoms with E-state index in [2.05, 4.69) is 21.2 Å². The molecule has 11 heteroatoms. The van der Waals surface area contributed by atoms with Crippen LogP contribution >= 0.6 is 0 Å². The zero-order chi connectivity index (χ0) is 24.9. The highest BCUT2D eigenvalue weighted by molar-refractivity contribution is 6.07. The van der Waals surface area contributed by atoms with Crippen molar-refractivity contribution in [2.24, 2.45) is 0 Å².